The third-order valence-electron chi connectivity index (χ3n) is 3.38. The molecule has 1 saturated heterocycles. The fourth-order valence-electron chi connectivity index (χ4n) is 2.51. The van der Waals surface area contributed by atoms with Gasteiger partial charge < -0.3 is 19.8 Å². The van der Waals surface area contributed by atoms with Crippen molar-refractivity contribution in [3.8, 4) is 11.5 Å². The van der Waals surface area contributed by atoms with E-state index in [1.165, 1.54) is 18.2 Å². The fourth-order valence-corrected chi connectivity index (χ4v) is 3.75. The third kappa shape index (κ3) is 5.06. The number of carbonyl (C=O) groups excluding carboxylic acids is 2. The summed E-state index contributed by atoms with van der Waals surface area (Å²) in [6, 6.07) is 4.29. The minimum Gasteiger partial charge on any atom is -0.508 e. The van der Waals surface area contributed by atoms with Crippen molar-refractivity contribution in [2.45, 2.75) is 44.6 Å². The summed E-state index contributed by atoms with van der Waals surface area (Å²) >= 11 is 1.54. The molecule has 1 atom stereocenters. The molecule has 2 N–H and O–H groups in total. The minimum atomic E-state index is -0.561. The van der Waals surface area contributed by atoms with Crippen LogP contribution in [-0.4, -0.2) is 44.9 Å². The van der Waals surface area contributed by atoms with Crippen molar-refractivity contribution in [3.05, 3.63) is 23.8 Å². The molecule has 0 aromatic heterocycles. The molecule has 0 aliphatic carbocycles. The lowest BCUT2D eigenvalue weighted by Crippen LogP contribution is -2.39. The molecule has 1 aromatic rings. The Morgan fingerprint density at radius 1 is 1.29 bits per heavy atom. The Bertz CT molecular complexity index is 606. The number of benzene rings is 1. The summed E-state index contributed by atoms with van der Waals surface area (Å²) in [7, 11) is 0. The second-order valence-corrected chi connectivity index (χ2v) is 7.87. The van der Waals surface area contributed by atoms with Gasteiger partial charge in [-0.25, -0.2) is 0 Å². The Balaban J connectivity index is 2.11. The van der Waals surface area contributed by atoms with Crippen molar-refractivity contribution in [2.75, 3.05) is 12.3 Å². The highest BCUT2D eigenvalue weighted by Crippen LogP contribution is 2.39. The van der Waals surface area contributed by atoms with Crippen LogP contribution in [0.4, 0.5) is 0 Å². The van der Waals surface area contributed by atoms with Crippen LogP contribution in [0.3, 0.4) is 0 Å². The van der Waals surface area contributed by atoms with E-state index >= 15 is 0 Å². The van der Waals surface area contributed by atoms with E-state index in [9.17, 15) is 19.8 Å². The highest BCUT2D eigenvalue weighted by atomic mass is 32.2. The van der Waals surface area contributed by atoms with Gasteiger partial charge in [0, 0.05) is 24.8 Å². The average molecular weight is 353 g/mol. The van der Waals surface area contributed by atoms with Gasteiger partial charge in [-0.3, -0.25) is 9.59 Å². The first-order chi connectivity index (χ1) is 11.2. The number of rotatable bonds is 4. The van der Waals surface area contributed by atoms with Gasteiger partial charge in [-0.1, -0.05) is 0 Å². The standard InChI is InChI=1S/C17H23NO5S/c1-17(2,3)23-15(22)4-6-18-14(21)5-7-24-16(18)11-8-12(19)10-13(20)9-11/h8-10,16,19-20H,4-7H2,1-3H3. The molecule has 6 nitrogen and oxygen atoms in total. The number of esters is 1. The maximum atomic E-state index is 12.3. The van der Waals surface area contributed by atoms with Crippen molar-refractivity contribution in [1.82, 2.24) is 4.90 Å². The van der Waals surface area contributed by atoms with Crippen LogP contribution in [0, 0.1) is 0 Å². The van der Waals surface area contributed by atoms with E-state index < -0.39 is 5.60 Å². The molecule has 1 amide bonds. The van der Waals surface area contributed by atoms with Gasteiger partial charge in [0.15, 0.2) is 0 Å². The SMILES string of the molecule is CC(C)(C)OC(=O)CCN1C(=O)CCSC1c1cc(O)cc(O)c1. The van der Waals surface area contributed by atoms with E-state index in [1.54, 1.807) is 37.4 Å². The van der Waals surface area contributed by atoms with Gasteiger partial charge >= 0.3 is 5.97 Å². The first-order valence-electron chi connectivity index (χ1n) is 7.81. The Hall–Kier alpha value is -1.89. The Kier molecular flexibility index (Phi) is 5.64. The Morgan fingerprint density at radius 3 is 2.50 bits per heavy atom. The lowest BCUT2D eigenvalue weighted by atomic mass is 10.1. The van der Waals surface area contributed by atoms with Gasteiger partial charge in [0.05, 0.1) is 6.42 Å². The highest BCUT2D eigenvalue weighted by molar-refractivity contribution is 7.99. The lowest BCUT2D eigenvalue weighted by molar-refractivity contribution is -0.155. The van der Waals surface area contributed by atoms with E-state index in [-0.39, 0.29) is 41.7 Å². The Labute approximate surface area is 145 Å². The molecule has 0 saturated carbocycles. The molecule has 1 heterocycles. The summed E-state index contributed by atoms with van der Waals surface area (Å²) < 4.78 is 5.28. The fraction of sp³-hybridized carbons (Fsp3) is 0.529. The topological polar surface area (TPSA) is 87.1 Å². The number of amides is 1. The number of thioether (sulfide) groups is 1. The molecule has 1 aliphatic heterocycles. The summed E-state index contributed by atoms with van der Waals surface area (Å²) in [6.45, 7) is 5.63. The van der Waals surface area contributed by atoms with Crippen molar-refractivity contribution >= 4 is 23.6 Å². The number of ether oxygens (including phenoxy) is 1. The first kappa shape index (κ1) is 18.4. The quantitative estimate of drug-likeness (QED) is 0.810. The van der Waals surface area contributed by atoms with Gasteiger partial charge in [0.2, 0.25) is 5.91 Å². The van der Waals surface area contributed by atoms with Crippen molar-refractivity contribution in [3.63, 3.8) is 0 Å². The summed E-state index contributed by atoms with van der Waals surface area (Å²) in [5.74, 6) is 0.128. The highest BCUT2D eigenvalue weighted by Gasteiger charge is 2.31. The summed E-state index contributed by atoms with van der Waals surface area (Å²) in [5.41, 5.74) is 0.0727. The number of hydrogen-bond acceptors (Lipinski definition) is 6. The molecule has 0 spiro atoms. The Morgan fingerprint density at radius 2 is 1.92 bits per heavy atom. The minimum absolute atomic E-state index is 0.0508. The summed E-state index contributed by atoms with van der Waals surface area (Å²) in [5, 5.41) is 19.0. The zero-order valence-electron chi connectivity index (χ0n) is 14.1. The zero-order valence-corrected chi connectivity index (χ0v) is 14.9. The van der Waals surface area contributed by atoms with Crippen molar-refractivity contribution in [1.29, 1.82) is 0 Å². The molecule has 1 aliphatic rings. The van der Waals surface area contributed by atoms with Gasteiger partial charge in [-0.2, -0.15) is 0 Å². The molecule has 2 rings (SSSR count). The van der Waals surface area contributed by atoms with Crippen LogP contribution < -0.4 is 0 Å². The molecular formula is C17H23NO5S. The smallest absolute Gasteiger partial charge is 0.308 e. The largest absolute Gasteiger partial charge is 0.508 e. The third-order valence-corrected chi connectivity index (χ3v) is 4.66. The van der Waals surface area contributed by atoms with Gasteiger partial charge in [-0.05, 0) is 38.5 Å². The lowest BCUT2D eigenvalue weighted by Gasteiger charge is -2.35. The molecule has 0 bridgehead atoms. The number of phenolic OH excluding ortho intramolecular Hbond substituents is 2. The summed E-state index contributed by atoms with van der Waals surface area (Å²) in [6.07, 6.45) is 0.505. The zero-order chi connectivity index (χ0) is 17.9. The molecule has 24 heavy (non-hydrogen) atoms. The number of hydrogen-bond donors (Lipinski definition) is 2. The van der Waals surface area contributed by atoms with Crippen molar-refractivity contribution in [2.24, 2.45) is 0 Å². The predicted molar refractivity (Wildman–Crippen MR) is 91.8 cm³/mol. The van der Waals surface area contributed by atoms with Crippen LogP contribution in [0.5, 0.6) is 11.5 Å². The van der Waals surface area contributed by atoms with Gasteiger partial charge in [0.1, 0.15) is 22.5 Å². The molecule has 1 aromatic carbocycles. The molecule has 1 fully saturated rings. The summed E-state index contributed by atoms with van der Waals surface area (Å²) in [4.78, 5) is 25.8. The van der Waals surface area contributed by atoms with Crippen LogP contribution >= 0.6 is 11.8 Å². The number of carbonyl (C=O) groups is 2. The molecule has 0 radical (unpaired) electrons. The van der Waals surface area contributed by atoms with Crippen LogP contribution in [0.15, 0.2) is 18.2 Å². The number of nitrogens with zero attached hydrogens (tertiary/aromatic N) is 1. The van der Waals surface area contributed by atoms with E-state index in [0.29, 0.717) is 17.7 Å². The first-order valence-corrected chi connectivity index (χ1v) is 8.86. The molecular weight excluding hydrogens is 330 g/mol. The van der Waals surface area contributed by atoms with E-state index in [0.717, 1.165) is 0 Å². The van der Waals surface area contributed by atoms with Crippen LogP contribution in [0.25, 0.3) is 0 Å². The van der Waals surface area contributed by atoms with Gasteiger partial charge in [0.25, 0.3) is 0 Å². The molecule has 1 unspecified atom stereocenters. The number of aromatic hydroxyl groups is 2. The van der Waals surface area contributed by atoms with Gasteiger partial charge in [-0.15, -0.1) is 11.8 Å². The normalized spacial score (nSPS) is 18.5. The number of phenols is 2. The molecule has 7 heteroatoms. The second kappa shape index (κ2) is 7.34. The van der Waals surface area contributed by atoms with E-state index in [4.69, 9.17) is 4.74 Å². The van der Waals surface area contributed by atoms with E-state index in [2.05, 4.69) is 0 Å². The molecule has 132 valence electrons. The maximum Gasteiger partial charge on any atom is 0.308 e. The second-order valence-electron chi connectivity index (χ2n) is 6.68. The predicted octanol–water partition coefficient (Wildman–Crippen LogP) is 2.79. The average Bonchev–Trinajstić information content (AvgIpc) is 2.42. The van der Waals surface area contributed by atoms with Crippen molar-refractivity contribution < 1.29 is 24.5 Å². The van der Waals surface area contributed by atoms with Crippen LogP contribution in [-0.2, 0) is 14.3 Å². The van der Waals surface area contributed by atoms with E-state index in [1.807, 2.05) is 0 Å². The monoisotopic (exact) mass is 353 g/mol. The van der Waals surface area contributed by atoms with Crippen LogP contribution in [0.2, 0.25) is 0 Å². The van der Waals surface area contributed by atoms with Crippen LogP contribution in [0.1, 0.15) is 44.6 Å². The maximum absolute atomic E-state index is 12.3.